The fourth-order valence-electron chi connectivity index (χ4n) is 1.36. The molecule has 0 amide bonds. The number of pyridine rings is 1. The van der Waals surface area contributed by atoms with Crippen LogP contribution in [0.4, 0.5) is 23.4 Å². The number of hydrogen-bond donors (Lipinski definition) is 1. The zero-order valence-electron chi connectivity index (χ0n) is 9.68. The number of nitrogens with zero attached hydrogens (tertiary/aromatic N) is 1. The number of aromatic nitrogens is 1. The van der Waals surface area contributed by atoms with Crippen LogP contribution in [0.2, 0.25) is 0 Å². The Morgan fingerprint density at radius 3 is 2.47 bits per heavy atom. The van der Waals surface area contributed by atoms with Crippen LogP contribution in [-0.2, 0) is 0 Å². The van der Waals surface area contributed by atoms with Gasteiger partial charge in [-0.05, 0) is 12.1 Å². The molecule has 19 heavy (non-hydrogen) atoms. The second-order valence-electron chi connectivity index (χ2n) is 3.51. The fourth-order valence-corrected chi connectivity index (χ4v) is 1.36. The molecule has 100 valence electrons. The van der Waals surface area contributed by atoms with Crippen molar-refractivity contribution in [1.82, 2.24) is 4.98 Å². The molecule has 1 N–H and O–H groups in total. The number of rotatable bonds is 3. The topological polar surface area (TPSA) is 34.2 Å². The number of hydrogen-bond acceptors (Lipinski definition) is 3. The van der Waals surface area contributed by atoms with Gasteiger partial charge in [-0.15, -0.1) is 0 Å². The highest BCUT2D eigenvalue weighted by atomic mass is 19.2. The predicted molar refractivity (Wildman–Crippen MR) is 60.1 cm³/mol. The molecule has 0 saturated carbocycles. The minimum Gasteiger partial charge on any atom is -0.433 e. The lowest BCUT2D eigenvalue weighted by atomic mass is 10.3. The highest BCUT2D eigenvalue weighted by Gasteiger charge is 2.16. The van der Waals surface area contributed by atoms with Crippen LogP contribution in [0.5, 0.6) is 11.6 Å². The molecule has 0 spiro atoms. The molecule has 0 unspecified atom stereocenters. The molecular weight excluding hydrogens is 264 g/mol. The van der Waals surface area contributed by atoms with E-state index in [-0.39, 0.29) is 5.82 Å². The van der Waals surface area contributed by atoms with Crippen LogP contribution in [0.1, 0.15) is 0 Å². The van der Waals surface area contributed by atoms with Gasteiger partial charge in [0.1, 0.15) is 0 Å². The maximum atomic E-state index is 13.4. The van der Waals surface area contributed by atoms with E-state index >= 15 is 0 Å². The minimum absolute atomic E-state index is 0.270. The third-order valence-electron chi connectivity index (χ3n) is 2.26. The molecule has 0 radical (unpaired) electrons. The first-order chi connectivity index (χ1) is 9.02. The summed E-state index contributed by atoms with van der Waals surface area (Å²) in [5, 5.41) is 2.37. The number of ether oxygens (including phenoxy) is 1. The van der Waals surface area contributed by atoms with Gasteiger partial charge < -0.3 is 10.1 Å². The molecule has 0 aliphatic heterocycles. The van der Waals surface area contributed by atoms with Crippen LogP contribution >= 0.6 is 0 Å². The molecular formula is C12H8F4N2O. The summed E-state index contributed by atoms with van der Waals surface area (Å²) in [6, 6.07) is 3.71. The van der Waals surface area contributed by atoms with Crippen molar-refractivity contribution < 1.29 is 22.3 Å². The number of benzene rings is 1. The van der Waals surface area contributed by atoms with Crippen LogP contribution < -0.4 is 10.1 Å². The molecule has 0 atom stereocenters. The summed E-state index contributed by atoms with van der Waals surface area (Å²) in [7, 11) is 1.37. The minimum atomic E-state index is -1.28. The lowest BCUT2D eigenvalue weighted by molar-refractivity contribution is 0.382. The van der Waals surface area contributed by atoms with Gasteiger partial charge in [-0.2, -0.15) is 9.37 Å². The average Bonchev–Trinajstić information content (AvgIpc) is 2.38. The van der Waals surface area contributed by atoms with Gasteiger partial charge in [0.05, 0.1) is 0 Å². The zero-order chi connectivity index (χ0) is 14.0. The van der Waals surface area contributed by atoms with Gasteiger partial charge in [0.2, 0.25) is 5.82 Å². The van der Waals surface area contributed by atoms with Crippen molar-refractivity contribution in [2.24, 2.45) is 0 Å². The Morgan fingerprint density at radius 2 is 1.79 bits per heavy atom. The molecule has 3 nitrogen and oxygen atoms in total. The lowest BCUT2D eigenvalue weighted by Gasteiger charge is -2.09. The van der Waals surface area contributed by atoms with Gasteiger partial charge in [-0.1, -0.05) is 6.07 Å². The van der Waals surface area contributed by atoms with Gasteiger partial charge in [-0.25, -0.2) is 13.2 Å². The van der Waals surface area contributed by atoms with Crippen LogP contribution in [0.15, 0.2) is 24.3 Å². The quantitative estimate of drug-likeness (QED) is 0.869. The first-order valence-corrected chi connectivity index (χ1v) is 5.18. The van der Waals surface area contributed by atoms with Gasteiger partial charge in [-0.3, -0.25) is 0 Å². The lowest BCUT2D eigenvalue weighted by Crippen LogP contribution is -2.02. The van der Waals surface area contributed by atoms with Crippen molar-refractivity contribution in [3.05, 3.63) is 47.5 Å². The van der Waals surface area contributed by atoms with Crippen LogP contribution in [0, 0.1) is 23.3 Å². The third-order valence-corrected chi connectivity index (χ3v) is 2.26. The highest BCUT2D eigenvalue weighted by molar-refractivity contribution is 5.40. The van der Waals surface area contributed by atoms with E-state index in [0.717, 1.165) is 12.1 Å². The van der Waals surface area contributed by atoms with Gasteiger partial charge in [0, 0.05) is 13.1 Å². The highest BCUT2D eigenvalue weighted by Crippen LogP contribution is 2.28. The van der Waals surface area contributed by atoms with Crippen molar-refractivity contribution >= 4 is 5.82 Å². The Kier molecular flexibility index (Phi) is 3.55. The fraction of sp³-hybridized carbons (Fsp3) is 0.0833. The molecule has 0 bridgehead atoms. The Balaban J connectivity index is 2.41. The largest absolute Gasteiger partial charge is 0.433 e. The SMILES string of the molecule is CNc1nc(Oc2cccc(F)c2F)c(F)cc1F. The van der Waals surface area contributed by atoms with Crippen molar-refractivity contribution in [1.29, 1.82) is 0 Å². The van der Waals surface area contributed by atoms with Crippen molar-refractivity contribution in [3.63, 3.8) is 0 Å². The molecule has 0 aliphatic carbocycles. The molecule has 1 aromatic carbocycles. The molecule has 0 aliphatic rings. The molecule has 0 fully saturated rings. The third kappa shape index (κ3) is 2.59. The molecule has 2 aromatic rings. The van der Waals surface area contributed by atoms with Gasteiger partial charge in [0.25, 0.3) is 5.88 Å². The summed E-state index contributed by atoms with van der Waals surface area (Å²) in [6.45, 7) is 0. The van der Waals surface area contributed by atoms with Gasteiger partial charge >= 0.3 is 0 Å². The van der Waals surface area contributed by atoms with E-state index in [1.807, 2.05) is 0 Å². The van der Waals surface area contributed by atoms with Crippen LogP contribution in [0.3, 0.4) is 0 Å². The standard InChI is InChI=1S/C12H8F4N2O/c1-17-11-7(14)5-8(15)12(18-11)19-9-4-2-3-6(13)10(9)16/h2-5H,1H3,(H,17,18). The molecule has 0 saturated heterocycles. The smallest absolute Gasteiger partial charge is 0.258 e. The summed E-state index contributed by atoms with van der Waals surface area (Å²) in [5.74, 6) is -5.94. The summed E-state index contributed by atoms with van der Waals surface area (Å²) in [5.41, 5.74) is 0. The Bertz CT molecular complexity index is 619. The number of nitrogens with one attached hydrogen (secondary N) is 1. The van der Waals surface area contributed by atoms with E-state index in [1.54, 1.807) is 0 Å². The molecule has 2 rings (SSSR count). The second kappa shape index (κ2) is 5.13. The van der Waals surface area contributed by atoms with Crippen LogP contribution in [-0.4, -0.2) is 12.0 Å². The van der Waals surface area contributed by atoms with E-state index in [9.17, 15) is 17.6 Å². The first kappa shape index (κ1) is 13.1. The van der Waals surface area contributed by atoms with E-state index in [4.69, 9.17) is 4.74 Å². The monoisotopic (exact) mass is 272 g/mol. The summed E-state index contributed by atoms with van der Waals surface area (Å²) in [6.07, 6.45) is 0. The van der Waals surface area contributed by atoms with Crippen molar-refractivity contribution in [3.8, 4) is 11.6 Å². The normalized spacial score (nSPS) is 10.4. The van der Waals surface area contributed by atoms with E-state index in [0.29, 0.717) is 6.07 Å². The average molecular weight is 272 g/mol. The molecule has 1 aromatic heterocycles. The maximum Gasteiger partial charge on any atom is 0.258 e. The number of halogens is 4. The Morgan fingerprint density at radius 1 is 1.05 bits per heavy atom. The van der Waals surface area contributed by atoms with Crippen molar-refractivity contribution in [2.75, 3.05) is 12.4 Å². The summed E-state index contributed by atoms with van der Waals surface area (Å²) >= 11 is 0. The van der Waals surface area contributed by atoms with Crippen LogP contribution in [0.25, 0.3) is 0 Å². The summed E-state index contributed by atoms with van der Waals surface area (Å²) < 4.78 is 57.7. The van der Waals surface area contributed by atoms with E-state index in [2.05, 4.69) is 10.3 Å². The maximum absolute atomic E-state index is 13.4. The molecule has 1 heterocycles. The van der Waals surface area contributed by atoms with E-state index in [1.165, 1.54) is 13.1 Å². The Hall–Kier alpha value is -2.31. The Labute approximate surface area is 105 Å². The summed E-state index contributed by atoms with van der Waals surface area (Å²) in [4.78, 5) is 3.48. The number of anilines is 1. The van der Waals surface area contributed by atoms with Crippen molar-refractivity contribution in [2.45, 2.75) is 0 Å². The molecule has 7 heteroatoms. The zero-order valence-corrected chi connectivity index (χ0v) is 9.68. The predicted octanol–water partition coefficient (Wildman–Crippen LogP) is 3.47. The first-order valence-electron chi connectivity index (χ1n) is 5.18. The van der Waals surface area contributed by atoms with E-state index < -0.39 is 34.9 Å². The van der Waals surface area contributed by atoms with Gasteiger partial charge in [0.15, 0.2) is 29.0 Å². The second-order valence-corrected chi connectivity index (χ2v) is 3.51.